The van der Waals surface area contributed by atoms with Crippen LogP contribution in [0.25, 0.3) is 0 Å². The van der Waals surface area contributed by atoms with E-state index in [-0.39, 0.29) is 19.3 Å². The molecule has 15 heteroatoms. The summed E-state index contributed by atoms with van der Waals surface area (Å²) < 4.78 is 105. The summed E-state index contributed by atoms with van der Waals surface area (Å²) in [4.78, 5) is 0. The summed E-state index contributed by atoms with van der Waals surface area (Å²) >= 11 is 0. The molecule has 0 amide bonds. The number of hydrogen-bond acceptors (Lipinski definition) is 11. The highest BCUT2D eigenvalue weighted by Gasteiger charge is 2.27. The molecule has 0 spiro atoms. The van der Waals surface area contributed by atoms with Crippen molar-refractivity contribution in [1.82, 2.24) is 0 Å². The van der Waals surface area contributed by atoms with Gasteiger partial charge in [0, 0.05) is 6.26 Å². The van der Waals surface area contributed by atoms with E-state index in [1.807, 2.05) is 0 Å². The zero-order valence-electron chi connectivity index (χ0n) is 14.8. The van der Waals surface area contributed by atoms with Gasteiger partial charge in [0.05, 0.1) is 18.6 Å². The molecule has 0 fully saturated rings. The minimum Gasteiger partial charge on any atom is -0.271 e. The van der Waals surface area contributed by atoms with Gasteiger partial charge < -0.3 is 0 Å². The van der Waals surface area contributed by atoms with Crippen LogP contribution in [0.1, 0.15) is 33.1 Å². The van der Waals surface area contributed by atoms with E-state index in [1.54, 1.807) is 0 Å². The zero-order chi connectivity index (χ0) is 20.8. The van der Waals surface area contributed by atoms with E-state index < -0.39 is 62.6 Å². The Hall–Kier alpha value is -0.320. The summed E-state index contributed by atoms with van der Waals surface area (Å²) in [6.45, 7) is 2.09. The van der Waals surface area contributed by atoms with Crippen LogP contribution in [0.4, 0.5) is 0 Å². The molecule has 0 aliphatic heterocycles. The molecule has 0 saturated carbocycles. The van der Waals surface area contributed by atoms with E-state index in [2.05, 4.69) is 12.5 Å². The SMILES string of the molecule is COS(=O)(=O)C(C)OS(=O)(=O)CCCCCS(=O)(=O)OC(C)S(C)(=O)=O. The number of hydrogen-bond donors (Lipinski definition) is 0. The summed E-state index contributed by atoms with van der Waals surface area (Å²) in [6.07, 6.45) is 1.03. The van der Waals surface area contributed by atoms with Gasteiger partial charge in [0.1, 0.15) is 0 Å². The average molecular weight is 461 g/mol. The maximum atomic E-state index is 11.7. The fourth-order valence-electron chi connectivity index (χ4n) is 1.50. The minimum atomic E-state index is -4.16. The van der Waals surface area contributed by atoms with Crippen molar-refractivity contribution in [3.8, 4) is 0 Å². The lowest BCUT2D eigenvalue weighted by Crippen LogP contribution is -2.27. The number of rotatable bonds is 13. The van der Waals surface area contributed by atoms with Crippen molar-refractivity contribution < 1.29 is 46.2 Å². The van der Waals surface area contributed by atoms with Gasteiger partial charge in [-0.3, -0.25) is 8.37 Å². The van der Waals surface area contributed by atoms with Crippen LogP contribution in [-0.2, 0) is 52.7 Å². The molecular weight excluding hydrogens is 436 g/mol. The molecule has 0 aliphatic carbocycles. The largest absolute Gasteiger partial charge is 0.295 e. The monoisotopic (exact) mass is 460 g/mol. The maximum absolute atomic E-state index is 11.7. The molecule has 0 bridgehead atoms. The average Bonchev–Trinajstić information content (AvgIpc) is 2.44. The highest BCUT2D eigenvalue weighted by atomic mass is 32.2. The van der Waals surface area contributed by atoms with Gasteiger partial charge in [-0.1, -0.05) is 6.42 Å². The van der Waals surface area contributed by atoms with Crippen molar-refractivity contribution in [1.29, 1.82) is 0 Å². The quantitative estimate of drug-likeness (QED) is 0.258. The standard InChI is InChI=1S/C11H24O11S4/c1-10(23(4,12)13)21-24(14,15)8-6-5-7-9-25(16,17)22-11(2)26(18,19)20-3/h10-11H,5-9H2,1-4H3. The second kappa shape index (κ2) is 9.75. The van der Waals surface area contributed by atoms with Crippen molar-refractivity contribution in [2.45, 2.75) is 44.0 Å². The van der Waals surface area contributed by atoms with E-state index in [4.69, 9.17) is 0 Å². The van der Waals surface area contributed by atoms with Gasteiger partial charge in [-0.2, -0.15) is 25.3 Å². The summed E-state index contributed by atoms with van der Waals surface area (Å²) in [5.41, 5.74) is -3.21. The third-order valence-corrected chi connectivity index (χ3v) is 8.76. The molecule has 158 valence electrons. The van der Waals surface area contributed by atoms with E-state index >= 15 is 0 Å². The highest BCUT2D eigenvalue weighted by molar-refractivity contribution is 7.92. The van der Waals surface area contributed by atoms with Crippen LogP contribution in [0.15, 0.2) is 0 Å². The Kier molecular flexibility index (Phi) is 9.63. The second-order valence-corrected chi connectivity index (χ2v) is 13.1. The van der Waals surface area contributed by atoms with Crippen molar-refractivity contribution >= 4 is 40.2 Å². The van der Waals surface area contributed by atoms with Crippen LogP contribution in [0.5, 0.6) is 0 Å². The summed E-state index contributed by atoms with van der Waals surface area (Å²) in [5.74, 6) is -1.00. The first kappa shape index (κ1) is 25.7. The smallest absolute Gasteiger partial charge is 0.271 e. The third-order valence-electron chi connectivity index (χ3n) is 3.09. The lowest BCUT2D eigenvalue weighted by molar-refractivity contribution is 0.265. The Morgan fingerprint density at radius 2 is 1.08 bits per heavy atom. The van der Waals surface area contributed by atoms with Crippen molar-refractivity contribution in [2.24, 2.45) is 0 Å². The molecule has 0 heterocycles. The third kappa shape index (κ3) is 10.1. The van der Waals surface area contributed by atoms with Crippen LogP contribution < -0.4 is 0 Å². The Bertz CT molecular complexity index is 853. The molecular formula is C11H24O11S4. The van der Waals surface area contributed by atoms with Crippen LogP contribution >= 0.6 is 0 Å². The molecule has 0 aromatic carbocycles. The molecule has 11 nitrogen and oxygen atoms in total. The first-order valence-electron chi connectivity index (χ1n) is 7.32. The van der Waals surface area contributed by atoms with E-state index in [9.17, 15) is 33.7 Å². The zero-order valence-corrected chi connectivity index (χ0v) is 18.1. The maximum Gasteiger partial charge on any atom is 0.295 e. The lowest BCUT2D eigenvalue weighted by atomic mass is 10.3. The van der Waals surface area contributed by atoms with Crippen LogP contribution in [0, 0.1) is 0 Å². The van der Waals surface area contributed by atoms with Crippen molar-refractivity contribution in [3.63, 3.8) is 0 Å². The normalized spacial score (nSPS) is 16.3. The molecule has 0 N–H and O–H groups in total. The van der Waals surface area contributed by atoms with Gasteiger partial charge in [-0.25, -0.2) is 12.6 Å². The highest BCUT2D eigenvalue weighted by Crippen LogP contribution is 2.12. The summed E-state index contributed by atoms with van der Waals surface area (Å²) in [7, 11) is -15.2. The Balaban J connectivity index is 4.38. The van der Waals surface area contributed by atoms with Crippen LogP contribution in [-0.4, -0.2) is 69.4 Å². The molecule has 26 heavy (non-hydrogen) atoms. The summed E-state index contributed by atoms with van der Waals surface area (Å²) in [6, 6.07) is 0. The van der Waals surface area contributed by atoms with Gasteiger partial charge >= 0.3 is 0 Å². The van der Waals surface area contributed by atoms with Crippen LogP contribution in [0.2, 0.25) is 0 Å². The fourth-order valence-corrected chi connectivity index (χ4v) is 5.58. The van der Waals surface area contributed by atoms with E-state index in [0.717, 1.165) is 27.2 Å². The van der Waals surface area contributed by atoms with E-state index in [0.29, 0.717) is 0 Å². The number of unbranched alkanes of at least 4 members (excludes halogenated alkanes) is 2. The first-order chi connectivity index (χ1) is 11.5. The molecule has 0 aromatic rings. The fraction of sp³-hybridized carbons (Fsp3) is 1.00. The lowest BCUT2D eigenvalue weighted by Gasteiger charge is -2.12. The predicted octanol–water partition coefficient (Wildman–Crippen LogP) is -0.438. The molecule has 2 atom stereocenters. The molecule has 0 saturated heterocycles. The topological polar surface area (TPSA) is 164 Å². The molecule has 0 aliphatic rings. The molecule has 0 radical (unpaired) electrons. The Morgan fingerprint density at radius 1 is 0.692 bits per heavy atom. The van der Waals surface area contributed by atoms with Crippen LogP contribution in [0.3, 0.4) is 0 Å². The van der Waals surface area contributed by atoms with Gasteiger partial charge in [-0.15, -0.1) is 0 Å². The van der Waals surface area contributed by atoms with Gasteiger partial charge in [0.2, 0.25) is 0 Å². The van der Waals surface area contributed by atoms with Gasteiger partial charge in [0.15, 0.2) is 20.7 Å². The van der Waals surface area contributed by atoms with Gasteiger partial charge in [-0.05, 0) is 26.7 Å². The Labute approximate surface area is 155 Å². The predicted molar refractivity (Wildman–Crippen MR) is 93.3 cm³/mol. The Morgan fingerprint density at radius 3 is 1.42 bits per heavy atom. The summed E-state index contributed by atoms with van der Waals surface area (Å²) in [5, 5.41) is 0. The van der Waals surface area contributed by atoms with E-state index in [1.165, 1.54) is 0 Å². The van der Waals surface area contributed by atoms with Crippen molar-refractivity contribution in [2.75, 3.05) is 24.9 Å². The molecule has 0 rings (SSSR count). The molecule has 0 aromatic heterocycles. The molecule has 2 unspecified atom stereocenters. The number of sulfone groups is 1. The van der Waals surface area contributed by atoms with Crippen molar-refractivity contribution in [3.05, 3.63) is 0 Å². The minimum absolute atomic E-state index is 0.0131. The second-order valence-electron chi connectivity index (χ2n) is 5.40. The van der Waals surface area contributed by atoms with Gasteiger partial charge in [0.25, 0.3) is 30.4 Å². The first-order valence-corrected chi connectivity index (χ1v) is 13.9.